The number of halogens is 2. The molecular weight excluding hydrogens is 414 g/mol. The minimum atomic E-state index is -4.36. The molecule has 2 unspecified atom stereocenters. The summed E-state index contributed by atoms with van der Waals surface area (Å²) < 4.78 is 7.25. The number of hydrogen-bond acceptors (Lipinski definition) is 0. The second-order valence-electron chi connectivity index (χ2n) is 8.35. The zero-order valence-electron chi connectivity index (χ0n) is 14.9. The summed E-state index contributed by atoms with van der Waals surface area (Å²) in [6, 6.07) is 0. The van der Waals surface area contributed by atoms with Crippen LogP contribution in [0.3, 0.4) is 0 Å². The van der Waals surface area contributed by atoms with Crippen LogP contribution < -0.4 is 0 Å². The molecule has 0 saturated carbocycles. The summed E-state index contributed by atoms with van der Waals surface area (Å²) in [5, 5.41) is 0. The second kappa shape index (κ2) is 5.90. The Morgan fingerprint density at radius 3 is 1.54 bits per heavy atom. The molecule has 0 nitrogen and oxygen atoms in total. The third-order valence-corrected chi connectivity index (χ3v) is 20.5. The SMILES string of the molecule is [CH2]=[Zr]([Cl])([Cl])([C]1=CC2=C(CCCC2)C1C)[C]1=CC2=C(CCCC2)C1C. The quantitative estimate of drug-likeness (QED) is 0.423. The monoisotopic (exact) mass is 440 g/mol. The third-order valence-electron chi connectivity index (χ3n) is 6.88. The zero-order chi connectivity index (χ0) is 17.1. The normalized spacial score (nSPS) is 31.0. The number of allylic oxidation sites excluding steroid dienone is 8. The fraction of sp³-hybridized carbons (Fsp3) is 0.571. The van der Waals surface area contributed by atoms with Gasteiger partial charge < -0.3 is 0 Å². The van der Waals surface area contributed by atoms with Gasteiger partial charge in [0.25, 0.3) is 0 Å². The summed E-state index contributed by atoms with van der Waals surface area (Å²) in [6.45, 7) is 4.63. The maximum absolute atomic E-state index is 7.40. The summed E-state index contributed by atoms with van der Waals surface area (Å²) in [5.41, 5.74) is 6.26. The molecule has 0 radical (unpaired) electrons. The van der Waals surface area contributed by atoms with Gasteiger partial charge in [0.2, 0.25) is 0 Å². The average Bonchev–Trinajstić information content (AvgIpc) is 3.08. The van der Waals surface area contributed by atoms with Crippen molar-refractivity contribution in [3.63, 3.8) is 0 Å². The van der Waals surface area contributed by atoms with Crippen LogP contribution in [0.25, 0.3) is 0 Å². The van der Waals surface area contributed by atoms with Gasteiger partial charge in [0.15, 0.2) is 0 Å². The Morgan fingerprint density at radius 2 is 1.17 bits per heavy atom. The van der Waals surface area contributed by atoms with Gasteiger partial charge in [0, 0.05) is 0 Å². The molecule has 0 fully saturated rings. The molecule has 0 saturated heterocycles. The first-order valence-electron chi connectivity index (χ1n) is 9.61. The first kappa shape index (κ1) is 17.7. The Balaban J connectivity index is 1.74. The Labute approximate surface area is 154 Å². The molecule has 4 rings (SSSR count). The van der Waals surface area contributed by atoms with Gasteiger partial charge in [-0.05, 0) is 0 Å². The molecule has 130 valence electrons. The van der Waals surface area contributed by atoms with Crippen molar-refractivity contribution < 1.29 is 15.9 Å². The molecule has 2 atom stereocenters. The first-order valence-corrected chi connectivity index (χ1v) is 20.1. The summed E-state index contributed by atoms with van der Waals surface area (Å²) in [4.78, 5) is 0. The molecule has 0 aromatic heterocycles. The number of rotatable bonds is 2. The van der Waals surface area contributed by atoms with E-state index in [2.05, 4.69) is 30.2 Å². The van der Waals surface area contributed by atoms with Crippen LogP contribution in [-0.2, 0) is 15.9 Å². The van der Waals surface area contributed by atoms with Crippen LogP contribution >= 0.6 is 17.0 Å². The van der Waals surface area contributed by atoms with E-state index in [-0.39, 0.29) is 0 Å². The first-order chi connectivity index (χ1) is 11.3. The third kappa shape index (κ3) is 2.60. The van der Waals surface area contributed by atoms with Crippen molar-refractivity contribution in [1.29, 1.82) is 0 Å². The van der Waals surface area contributed by atoms with Crippen molar-refractivity contribution in [1.82, 2.24) is 0 Å². The summed E-state index contributed by atoms with van der Waals surface area (Å²) in [7, 11) is 14.8. The van der Waals surface area contributed by atoms with E-state index in [1.165, 1.54) is 69.1 Å². The topological polar surface area (TPSA) is 0 Å². The zero-order valence-corrected chi connectivity index (χ0v) is 18.9. The van der Waals surface area contributed by atoms with Crippen LogP contribution in [0, 0.1) is 11.8 Å². The number of hydrogen-bond donors (Lipinski definition) is 0. The Hall–Kier alpha value is 0.293. The van der Waals surface area contributed by atoms with Crippen molar-refractivity contribution >= 4 is 21.2 Å². The van der Waals surface area contributed by atoms with Gasteiger partial charge in [-0.15, -0.1) is 0 Å². The van der Waals surface area contributed by atoms with E-state index in [1.807, 2.05) is 0 Å². The minimum absolute atomic E-state index is 0.407. The summed E-state index contributed by atoms with van der Waals surface area (Å²) >= 11 is -4.36. The van der Waals surface area contributed by atoms with Crippen LogP contribution in [0.2, 0.25) is 0 Å². The van der Waals surface area contributed by atoms with E-state index in [0.717, 1.165) is 0 Å². The molecule has 4 aliphatic carbocycles. The van der Waals surface area contributed by atoms with Crippen LogP contribution in [0.1, 0.15) is 65.2 Å². The fourth-order valence-corrected chi connectivity index (χ4v) is 18.8. The van der Waals surface area contributed by atoms with Crippen LogP contribution in [-0.4, -0.2) is 4.21 Å². The van der Waals surface area contributed by atoms with Gasteiger partial charge in [-0.3, -0.25) is 0 Å². The van der Waals surface area contributed by atoms with Gasteiger partial charge in [-0.25, -0.2) is 0 Å². The standard InChI is InChI=1S/2C10H13.CH2.2ClH.Zr/c2*1-8-6-7-9-4-2-3-5-10(8)9;;;;/h2*7-8H,2-5H2,1H3;1H2;2*1H;/q;;;;;+2/p-2. The molecule has 0 amide bonds. The predicted molar refractivity (Wildman–Crippen MR) is 104 cm³/mol. The molecule has 0 bridgehead atoms. The van der Waals surface area contributed by atoms with Gasteiger partial charge >= 0.3 is 155 Å². The van der Waals surface area contributed by atoms with E-state index in [1.54, 1.807) is 11.1 Å². The van der Waals surface area contributed by atoms with Gasteiger partial charge in [0.05, 0.1) is 0 Å². The molecule has 0 spiro atoms. The van der Waals surface area contributed by atoms with Gasteiger partial charge in [-0.1, -0.05) is 0 Å². The molecular formula is C21H28Cl2Zr. The van der Waals surface area contributed by atoms with E-state index in [9.17, 15) is 0 Å². The van der Waals surface area contributed by atoms with E-state index < -0.39 is 15.9 Å². The molecule has 0 aromatic carbocycles. The van der Waals surface area contributed by atoms with Crippen molar-refractivity contribution in [2.75, 3.05) is 0 Å². The molecule has 0 N–H and O–H groups in total. The van der Waals surface area contributed by atoms with Gasteiger partial charge in [-0.2, -0.15) is 0 Å². The van der Waals surface area contributed by atoms with Gasteiger partial charge in [0.1, 0.15) is 0 Å². The molecule has 24 heavy (non-hydrogen) atoms. The van der Waals surface area contributed by atoms with Crippen molar-refractivity contribution in [3.05, 3.63) is 41.0 Å². The second-order valence-corrected chi connectivity index (χ2v) is 28.1. The van der Waals surface area contributed by atoms with E-state index in [0.29, 0.717) is 11.8 Å². The Bertz CT molecular complexity index is 725. The van der Waals surface area contributed by atoms with Crippen molar-refractivity contribution in [3.8, 4) is 0 Å². The Morgan fingerprint density at radius 1 is 0.792 bits per heavy atom. The van der Waals surface area contributed by atoms with Crippen LogP contribution in [0.4, 0.5) is 0 Å². The van der Waals surface area contributed by atoms with E-state index in [4.69, 9.17) is 17.0 Å². The fourth-order valence-electron chi connectivity index (χ4n) is 5.52. The van der Waals surface area contributed by atoms with Crippen LogP contribution in [0.15, 0.2) is 41.0 Å². The predicted octanol–water partition coefficient (Wildman–Crippen LogP) is 7.22. The van der Waals surface area contributed by atoms with Crippen LogP contribution in [0.5, 0.6) is 0 Å². The van der Waals surface area contributed by atoms with Crippen molar-refractivity contribution in [2.24, 2.45) is 11.8 Å². The molecule has 0 aliphatic heterocycles. The van der Waals surface area contributed by atoms with Crippen molar-refractivity contribution in [2.45, 2.75) is 65.2 Å². The Kier molecular flexibility index (Phi) is 4.35. The molecule has 0 aromatic rings. The molecule has 3 heteroatoms. The maximum atomic E-state index is 7.40. The van der Waals surface area contributed by atoms with E-state index >= 15 is 0 Å². The molecule has 4 aliphatic rings. The summed E-state index contributed by atoms with van der Waals surface area (Å²) in [6.07, 6.45) is 14.8. The summed E-state index contributed by atoms with van der Waals surface area (Å²) in [5.74, 6) is 0.813. The average molecular weight is 443 g/mol. The molecule has 0 heterocycles.